The third-order valence-corrected chi connectivity index (χ3v) is 5.50. The van der Waals surface area contributed by atoms with Gasteiger partial charge in [-0.05, 0) is 87.2 Å². The van der Waals surface area contributed by atoms with E-state index in [9.17, 15) is 0 Å². The molecular formula is C26H28N2O2. The van der Waals surface area contributed by atoms with E-state index in [0.717, 1.165) is 33.9 Å². The van der Waals surface area contributed by atoms with Gasteiger partial charge >= 0.3 is 0 Å². The number of ether oxygens (including phenoxy) is 2. The molecule has 0 fully saturated rings. The summed E-state index contributed by atoms with van der Waals surface area (Å²) in [6.45, 7) is 11.5. The van der Waals surface area contributed by atoms with Crippen LogP contribution < -0.4 is 9.47 Å². The minimum atomic E-state index is 0.510. The second-order valence-corrected chi connectivity index (χ2v) is 7.85. The number of hydrogen-bond donors (Lipinski definition) is 1. The average molecular weight is 401 g/mol. The second kappa shape index (κ2) is 8.23. The SMILES string of the molecule is CCOc1cc(-c2nc3cc(C)c(C)cc3[nH]2)ccc1OCc1cc(C)ccc1C. The molecule has 0 amide bonds. The summed E-state index contributed by atoms with van der Waals surface area (Å²) < 4.78 is 12.0. The van der Waals surface area contributed by atoms with Crippen molar-refractivity contribution in [2.24, 2.45) is 0 Å². The van der Waals surface area contributed by atoms with Gasteiger partial charge in [0.1, 0.15) is 12.4 Å². The monoisotopic (exact) mass is 400 g/mol. The normalized spacial score (nSPS) is 11.1. The Bertz CT molecular complexity index is 1170. The van der Waals surface area contributed by atoms with E-state index >= 15 is 0 Å². The third kappa shape index (κ3) is 4.04. The van der Waals surface area contributed by atoms with Crippen molar-refractivity contribution < 1.29 is 9.47 Å². The highest BCUT2D eigenvalue weighted by molar-refractivity contribution is 5.81. The number of aromatic nitrogens is 2. The largest absolute Gasteiger partial charge is 0.490 e. The van der Waals surface area contributed by atoms with E-state index < -0.39 is 0 Å². The molecule has 0 aliphatic carbocycles. The maximum absolute atomic E-state index is 6.14. The molecule has 4 aromatic rings. The van der Waals surface area contributed by atoms with E-state index in [1.807, 2.05) is 25.1 Å². The molecule has 0 saturated carbocycles. The van der Waals surface area contributed by atoms with Gasteiger partial charge in [0.25, 0.3) is 0 Å². The predicted octanol–water partition coefficient (Wildman–Crippen LogP) is 6.44. The molecule has 30 heavy (non-hydrogen) atoms. The first-order valence-electron chi connectivity index (χ1n) is 10.4. The van der Waals surface area contributed by atoms with Crippen molar-refractivity contribution in [2.45, 2.75) is 41.2 Å². The third-order valence-electron chi connectivity index (χ3n) is 5.50. The summed E-state index contributed by atoms with van der Waals surface area (Å²) >= 11 is 0. The zero-order valence-electron chi connectivity index (χ0n) is 18.3. The fraction of sp³-hybridized carbons (Fsp3) is 0.269. The van der Waals surface area contributed by atoms with Gasteiger partial charge in [-0.25, -0.2) is 4.98 Å². The van der Waals surface area contributed by atoms with Crippen LogP contribution in [0.4, 0.5) is 0 Å². The Hall–Kier alpha value is -3.27. The van der Waals surface area contributed by atoms with Gasteiger partial charge < -0.3 is 14.5 Å². The molecule has 0 unspecified atom stereocenters. The lowest BCUT2D eigenvalue weighted by atomic mass is 10.1. The molecule has 0 radical (unpaired) electrons. The molecule has 1 aromatic heterocycles. The van der Waals surface area contributed by atoms with Crippen LogP contribution in [0.5, 0.6) is 11.5 Å². The van der Waals surface area contributed by atoms with Crippen molar-refractivity contribution in [3.63, 3.8) is 0 Å². The van der Waals surface area contributed by atoms with Gasteiger partial charge in [-0.1, -0.05) is 23.8 Å². The lowest BCUT2D eigenvalue weighted by Crippen LogP contribution is -2.01. The minimum Gasteiger partial charge on any atom is -0.490 e. The number of fused-ring (bicyclic) bond motifs is 1. The van der Waals surface area contributed by atoms with Crippen LogP contribution in [0.2, 0.25) is 0 Å². The molecule has 0 saturated heterocycles. The number of rotatable bonds is 6. The molecule has 3 aromatic carbocycles. The number of aryl methyl sites for hydroxylation is 4. The first kappa shape index (κ1) is 20.0. The number of imidazole rings is 1. The fourth-order valence-electron chi connectivity index (χ4n) is 3.56. The number of nitrogens with zero attached hydrogens (tertiary/aromatic N) is 1. The van der Waals surface area contributed by atoms with Crippen molar-refractivity contribution in [2.75, 3.05) is 6.61 Å². The van der Waals surface area contributed by atoms with Crippen LogP contribution in [-0.4, -0.2) is 16.6 Å². The summed E-state index contributed by atoms with van der Waals surface area (Å²) in [4.78, 5) is 8.21. The zero-order chi connectivity index (χ0) is 21.3. The van der Waals surface area contributed by atoms with Gasteiger partial charge in [0.05, 0.1) is 17.6 Å². The second-order valence-electron chi connectivity index (χ2n) is 7.85. The number of hydrogen-bond acceptors (Lipinski definition) is 3. The summed E-state index contributed by atoms with van der Waals surface area (Å²) in [6.07, 6.45) is 0. The standard InChI is InChI=1S/C26H28N2O2/c1-6-29-25-14-20(26-27-22-12-18(4)19(5)13-23(22)28-26)9-10-24(25)30-15-21-11-16(2)7-8-17(21)3/h7-14H,6,15H2,1-5H3,(H,27,28). The topological polar surface area (TPSA) is 47.1 Å². The summed E-state index contributed by atoms with van der Waals surface area (Å²) in [5, 5.41) is 0. The highest BCUT2D eigenvalue weighted by Crippen LogP contribution is 2.33. The van der Waals surface area contributed by atoms with E-state index in [4.69, 9.17) is 14.5 Å². The van der Waals surface area contributed by atoms with Crippen molar-refractivity contribution >= 4 is 11.0 Å². The maximum atomic E-state index is 6.14. The lowest BCUT2D eigenvalue weighted by molar-refractivity contribution is 0.269. The molecule has 0 atom stereocenters. The fourth-order valence-corrected chi connectivity index (χ4v) is 3.56. The Kier molecular flexibility index (Phi) is 5.49. The Morgan fingerprint density at radius 3 is 2.40 bits per heavy atom. The first-order chi connectivity index (χ1) is 14.4. The van der Waals surface area contributed by atoms with E-state index in [-0.39, 0.29) is 0 Å². The molecular weight excluding hydrogens is 372 g/mol. The summed E-state index contributed by atoms with van der Waals surface area (Å²) in [5.41, 5.74) is 9.13. The van der Waals surface area contributed by atoms with E-state index in [1.165, 1.54) is 27.8 Å². The van der Waals surface area contributed by atoms with Crippen LogP contribution in [0.15, 0.2) is 48.5 Å². The summed E-state index contributed by atoms with van der Waals surface area (Å²) in [6, 6.07) is 16.7. The number of H-pyrrole nitrogens is 1. The van der Waals surface area contributed by atoms with E-state index in [0.29, 0.717) is 13.2 Å². The van der Waals surface area contributed by atoms with Crippen LogP contribution in [0.25, 0.3) is 22.4 Å². The van der Waals surface area contributed by atoms with Gasteiger partial charge in [0, 0.05) is 5.56 Å². The minimum absolute atomic E-state index is 0.510. The van der Waals surface area contributed by atoms with Crippen molar-refractivity contribution in [3.05, 3.63) is 76.3 Å². The van der Waals surface area contributed by atoms with E-state index in [1.54, 1.807) is 0 Å². The molecule has 1 heterocycles. The van der Waals surface area contributed by atoms with E-state index in [2.05, 4.69) is 63.0 Å². The summed E-state index contributed by atoms with van der Waals surface area (Å²) in [5.74, 6) is 2.30. The van der Waals surface area contributed by atoms with Gasteiger partial charge in [-0.3, -0.25) is 0 Å². The van der Waals surface area contributed by atoms with Crippen LogP contribution in [0, 0.1) is 27.7 Å². The van der Waals surface area contributed by atoms with Crippen molar-refractivity contribution in [1.82, 2.24) is 9.97 Å². The lowest BCUT2D eigenvalue weighted by Gasteiger charge is -2.14. The molecule has 0 bridgehead atoms. The highest BCUT2D eigenvalue weighted by atomic mass is 16.5. The van der Waals surface area contributed by atoms with Gasteiger partial charge in [-0.2, -0.15) is 0 Å². The molecule has 4 heteroatoms. The Morgan fingerprint density at radius 2 is 1.60 bits per heavy atom. The molecule has 0 aliphatic rings. The van der Waals surface area contributed by atoms with Gasteiger partial charge in [0.2, 0.25) is 0 Å². The molecule has 1 N–H and O–H groups in total. The Morgan fingerprint density at radius 1 is 0.800 bits per heavy atom. The molecule has 0 spiro atoms. The number of benzene rings is 3. The van der Waals surface area contributed by atoms with Crippen molar-refractivity contribution in [1.29, 1.82) is 0 Å². The maximum Gasteiger partial charge on any atom is 0.161 e. The van der Waals surface area contributed by atoms with Gasteiger partial charge in [-0.15, -0.1) is 0 Å². The number of nitrogens with one attached hydrogen (secondary N) is 1. The molecule has 0 aliphatic heterocycles. The smallest absolute Gasteiger partial charge is 0.161 e. The first-order valence-corrected chi connectivity index (χ1v) is 10.4. The summed E-state index contributed by atoms with van der Waals surface area (Å²) in [7, 11) is 0. The van der Waals surface area contributed by atoms with Crippen LogP contribution in [0.3, 0.4) is 0 Å². The van der Waals surface area contributed by atoms with Crippen LogP contribution in [-0.2, 0) is 6.61 Å². The zero-order valence-corrected chi connectivity index (χ0v) is 18.3. The number of aromatic amines is 1. The Labute approximate surface area is 177 Å². The van der Waals surface area contributed by atoms with Gasteiger partial charge in [0.15, 0.2) is 11.5 Å². The van der Waals surface area contributed by atoms with Crippen LogP contribution >= 0.6 is 0 Å². The van der Waals surface area contributed by atoms with Crippen LogP contribution in [0.1, 0.15) is 34.7 Å². The molecule has 4 nitrogen and oxygen atoms in total. The van der Waals surface area contributed by atoms with Crippen molar-refractivity contribution in [3.8, 4) is 22.9 Å². The molecule has 4 rings (SSSR count). The quantitative estimate of drug-likeness (QED) is 0.405. The Balaban J connectivity index is 1.64. The predicted molar refractivity (Wildman–Crippen MR) is 122 cm³/mol. The average Bonchev–Trinajstić information content (AvgIpc) is 3.12. The molecule has 154 valence electrons. The highest BCUT2D eigenvalue weighted by Gasteiger charge is 2.12.